The Kier molecular flexibility index (Phi) is 4.50. The van der Waals surface area contributed by atoms with Crippen molar-refractivity contribution in [1.82, 2.24) is 15.0 Å². The lowest BCUT2D eigenvalue weighted by atomic mass is 10.2. The quantitative estimate of drug-likeness (QED) is 0.395. The zero-order valence-electron chi connectivity index (χ0n) is 13.5. The van der Waals surface area contributed by atoms with Crippen molar-refractivity contribution in [2.45, 2.75) is 11.9 Å². The van der Waals surface area contributed by atoms with Gasteiger partial charge in [0.15, 0.2) is 11.6 Å². The second-order valence-electron chi connectivity index (χ2n) is 5.15. The van der Waals surface area contributed by atoms with Gasteiger partial charge < -0.3 is 0 Å². The Hall–Kier alpha value is -3.18. The number of imide groups is 1. The maximum absolute atomic E-state index is 12.1. The molecule has 0 bridgehead atoms. The van der Waals surface area contributed by atoms with Crippen molar-refractivity contribution >= 4 is 35.1 Å². The Labute approximate surface area is 148 Å². The van der Waals surface area contributed by atoms with Crippen LogP contribution in [-0.2, 0) is 9.59 Å². The lowest BCUT2D eigenvalue weighted by molar-refractivity contribution is -0.135. The Morgan fingerprint density at radius 3 is 2.48 bits per heavy atom. The van der Waals surface area contributed by atoms with Crippen molar-refractivity contribution in [1.29, 1.82) is 0 Å². The normalized spacial score (nSPS) is 13.6. The highest BCUT2D eigenvalue weighted by Gasteiger charge is 2.30. The number of nitrogens with zero attached hydrogens (tertiary/aromatic N) is 4. The van der Waals surface area contributed by atoms with Crippen molar-refractivity contribution < 1.29 is 9.59 Å². The predicted molar refractivity (Wildman–Crippen MR) is 94.7 cm³/mol. The standard InChI is InChI=1S/C17H13N5O2S/c1-10-9-12(23)22(17(10)24)21-15-13(18-2)16(25-3)20-14(19-15)11-7-5-4-6-8-11/h4-9H,1,3H3,(H,19,20,21). The molecule has 1 N–H and O–H groups in total. The van der Waals surface area contributed by atoms with E-state index in [9.17, 15) is 9.59 Å². The number of carbonyl (C=O) groups excluding carboxylic acids is 2. The van der Waals surface area contributed by atoms with Gasteiger partial charge in [0.05, 0.1) is 6.57 Å². The molecule has 0 spiro atoms. The molecular formula is C17H13N5O2S. The fourth-order valence-electron chi connectivity index (χ4n) is 2.27. The molecule has 2 amide bonds. The van der Waals surface area contributed by atoms with Gasteiger partial charge in [-0.05, 0) is 13.2 Å². The number of carbonyl (C=O) groups is 2. The van der Waals surface area contributed by atoms with E-state index in [0.29, 0.717) is 16.4 Å². The van der Waals surface area contributed by atoms with Crippen molar-refractivity contribution in [3.63, 3.8) is 0 Å². The largest absolute Gasteiger partial charge is 0.281 e. The minimum absolute atomic E-state index is 0.123. The number of hydrazine groups is 1. The van der Waals surface area contributed by atoms with E-state index in [1.165, 1.54) is 17.8 Å². The molecule has 124 valence electrons. The van der Waals surface area contributed by atoms with E-state index in [0.717, 1.165) is 10.6 Å². The average molecular weight is 351 g/mol. The van der Waals surface area contributed by atoms with Gasteiger partial charge in [0.2, 0.25) is 0 Å². The molecule has 0 fully saturated rings. The zero-order valence-corrected chi connectivity index (χ0v) is 14.3. The summed E-state index contributed by atoms with van der Waals surface area (Å²) in [6, 6.07) is 9.28. The molecule has 0 radical (unpaired) electrons. The molecule has 1 aromatic carbocycles. The maximum Gasteiger partial charge on any atom is 0.275 e. The summed E-state index contributed by atoms with van der Waals surface area (Å²) in [6.07, 6.45) is 3.04. The van der Waals surface area contributed by atoms with Crippen LogP contribution in [0.2, 0.25) is 0 Å². The molecule has 0 saturated carbocycles. The van der Waals surface area contributed by atoms with Crippen LogP contribution in [0.5, 0.6) is 0 Å². The SMILES string of the molecule is [C-]#[N+]c1c(NN2C(=O)C=C(C)C2=O)nc(-c2ccccc2)nc1SC. The molecule has 1 aliphatic rings. The summed E-state index contributed by atoms with van der Waals surface area (Å²) < 4.78 is 0. The molecule has 8 heteroatoms. The second kappa shape index (κ2) is 6.75. The molecule has 0 saturated heterocycles. The van der Waals surface area contributed by atoms with Crippen LogP contribution in [-0.4, -0.2) is 33.0 Å². The first-order valence-corrected chi connectivity index (χ1v) is 8.50. The van der Waals surface area contributed by atoms with Crippen LogP contribution in [0, 0.1) is 6.57 Å². The van der Waals surface area contributed by atoms with Gasteiger partial charge in [-0.2, -0.15) is 5.01 Å². The van der Waals surface area contributed by atoms with Crippen LogP contribution in [0.1, 0.15) is 6.92 Å². The summed E-state index contributed by atoms with van der Waals surface area (Å²) in [4.78, 5) is 36.3. The molecule has 3 rings (SSSR count). The first-order valence-electron chi connectivity index (χ1n) is 7.27. The van der Waals surface area contributed by atoms with Crippen LogP contribution in [0.15, 0.2) is 47.0 Å². The van der Waals surface area contributed by atoms with Crippen molar-refractivity contribution in [2.75, 3.05) is 11.7 Å². The number of amides is 2. The number of hydrogen-bond acceptors (Lipinski definition) is 6. The summed E-state index contributed by atoms with van der Waals surface area (Å²) >= 11 is 1.30. The number of nitrogens with one attached hydrogen (secondary N) is 1. The van der Waals surface area contributed by atoms with E-state index in [-0.39, 0.29) is 11.5 Å². The second-order valence-corrected chi connectivity index (χ2v) is 5.94. The number of aromatic nitrogens is 2. The fraction of sp³-hybridized carbons (Fsp3) is 0.118. The number of rotatable bonds is 4. The van der Waals surface area contributed by atoms with E-state index in [1.54, 1.807) is 13.2 Å². The third-order valence-corrected chi connectivity index (χ3v) is 4.18. The molecule has 25 heavy (non-hydrogen) atoms. The smallest absolute Gasteiger partial charge is 0.275 e. The van der Waals surface area contributed by atoms with Crippen LogP contribution < -0.4 is 5.43 Å². The monoisotopic (exact) mass is 351 g/mol. The Morgan fingerprint density at radius 1 is 1.20 bits per heavy atom. The van der Waals surface area contributed by atoms with E-state index in [1.807, 2.05) is 30.3 Å². The highest BCUT2D eigenvalue weighted by atomic mass is 32.2. The van der Waals surface area contributed by atoms with Gasteiger partial charge in [-0.25, -0.2) is 14.8 Å². The molecule has 0 unspecified atom stereocenters. The van der Waals surface area contributed by atoms with Crippen LogP contribution in [0.4, 0.5) is 11.5 Å². The van der Waals surface area contributed by atoms with Crippen LogP contribution in [0.25, 0.3) is 16.2 Å². The number of benzene rings is 1. The number of thioether (sulfide) groups is 1. The third kappa shape index (κ3) is 3.09. The van der Waals surface area contributed by atoms with Crippen LogP contribution >= 0.6 is 11.8 Å². The molecule has 2 aromatic rings. The first kappa shape index (κ1) is 16.7. The first-order chi connectivity index (χ1) is 12.0. The van der Waals surface area contributed by atoms with Crippen molar-refractivity contribution in [2.24, 2.45) is 0 Å². The molecule has 2 heterocycles. The van der Waals surface area contributed by atoms with Gasteiger partial charge in [-0.15, -0.1) is 11.8 Å². The summed E-state index contributed by atoms with van der Waals surface area (Å²) in [7, 11) is 0. The number of anilines is 1. The minimum Gasteiger partial charge on any atom is -0.281 e. The molecule has 1 aromatic heterocycles. The van der Waals surface area contributed by atoms with E-state index in [4.69, 9.17) is 6.57 Å². The molecule has 7 nitrogen and oxygen atoms in total. The summed E-state index contributed by atoms with van der Waals surface area (Å²) in [5.74, 6) is -0.433. The van der Waals surface area contributed by atoms with E-state index in [2.05, 4.69) is 20.2 Å². The van der Waals surface area contributed by atoms with Crippen molar-refractivity contribution in [3.8, 4) is 11.4 Å². The molecule has 1 aliphatic heterocycles. The number of hydrogen-bond donors (Lipinski definition) is 1. The van der Waals surface area contributed by atoms with Gasteiger partial charge in [-0.1, -0.05) is 30.3 Å². The van der Waals surface area contributed by atoms with E-state index < -0.39 is 11.8 Å². The van der Waals surface area contributed by atoms with Crippen molar-refractivity contribution in [3.05, 3.63) is 53.4 Å². The topological polar surface area (TPSA) is 79.5 Å². The van der Waals surface area contributed by atoms with Gasteiger partial charge in [0.1, 0.15) is 5.03 Å². The molecule has 0 atom stereocenters. The lowest BCUT2D eigenvalue weighted by Crippen LogP contribution is -2.36. The summed E-state index contributed by atoms with van der Waals surface area (Å²) in [5.41, 5.74) is 3.94. The Morgan fingerprint density at radius 2 is 1.92 bits per heavy atom. The van der Waals surface area contributed by atoms with Gasteiger partial charge in [0.25, 0.3) is 17.5 Å². The van der Waals surface area contributed by atoms with Gasteiger partial charge >= 0.3 is 0 Å². The van der Waals surface area contributed by atoms with E-state index >= 15 is 0 Å². The highest BCUT2D eigenvalue weighted by Crippen LogP contribution is 2.35. The van der Waals surface area contributed by atoms with Crippen LogP contribution in [0.3, 0.4) is 0 Å². The molecular weight excluding hydrogens is 338 g/mol. The predicted octanol–water partition coefficient (Wildman–Crippen LogP) is 3.06. The van der Waals surface area contributed by atoms with Gasteiger partial charge in [-0.3, -0.25) is 15.0 Å². The lowest BCUT2D eigenvalue weighted by Gasteiger charge is -2.18. The summed E-state index contributed by atoms with van der Waals surface area (Å²) in [5, 5.41) is 1.32. The Bertz CT molecular complexity index is 934. The maximum atomic E-state index is 12.1. The molecule has 0 aliphatic carbocycles. The average Bonchev–Trinajstić information content (AvgIpc) is 2.87. The third-order valence-electron chi connectivity index (χ3n) is 3.51. The minimum atomic E-state index is -0.496. The van der Waals surface area contributed by atoms with Gasteiger partial charge in [0, 0.05) is 17.2 Å². The highest BCUT2D eigenvalue weighted by molar-refractivity contribution is 7.98. The Balaban J connectivity index is 2.07. The summed E-state index contributed by atoms with van der Waals surface area (Å²) in [6.45, 7) is 8.96. The fourth-order valence-corrected chi connectivity index (χ4v) is 2.78. The zero-order chi connectivity index (χ0) is 18.0.